The normalized spacial score (nSPS) is 25.0. The number of nitrogens with zero attached hydrogens (tertiary/aromatic N) is 3. The molecule has 2 heterocycles. The van der Waals surface area contributed by atoms with Crippen molar-refractivity contribution in [1.82, 2.24) is 15.1 Å². The van der Waals surface area contributed by atoms with Gasteiger partial charge in [0.1, 0.15) is 10.9 Å². The first-order chi connectivity index (χ1) is 13.8. The van der Waals surface area contributed by atoms with Crippen molar-refractivity contribution < 1.29 is 13.2 Å². The van der Waals surface area contributed by atoms with E-state index >= 15 is 0 Å². The molecule has 0 aromatic heterocycles. The number of amides is 1. The summed E-state index contributed by atoms with van der Waals surface area (Å²) in [7, 11) is 0.499. The summed E-state index contributed by atoms with van der Waals surface area (Å²) in [5.74, 6) is 0.386. The minimum absolute atomic E-state index is 0.0121. The third-order valence-electron chi connectivity index (χ3n) is 6.76. The first-order valence-corrected chi connectivity index (χ1v) is 11.9. The highest BCUT2D eigenvalue weighted by Crippen LogP contribution is 2.33. The Morgan fingerprint density at radius 1 is 1.21 bits per heavy atom. The van der Waals surface area contributed by atoms with Crippen LogP contribution < -0.4 is 5.32 Å². The van der Waals surface area contributed by atoms with Crippen LogP contribution in [0.4, 0.5) is 0 Å². The molecule has 0 bridgehead atoms. The van der Waals surface area contributed by atoms with Crippen LogP contribution in [0.1, 0.15) is 50.5 Å². The van der Waals surface area contributed by atoms with Gasteiger partial charge in [-0.2, -0.15) is 8.42 Å². The Hall–Kier alpha value is -1.93. The number of sulfonamides is 1. The third kappa shape index (κ3) is 3.68. The molecule has 4 rings (SSSR count). The van der Waals surface area contributed by atoms with E-state index in [0.717, 1.165) is 19.3 Å². The first-order valence-electron chi connectivity index (χ1n) is 10.5. The van der Waals surface area contributed by atoms with E-state index in [1.807, 2.05) is 11.0 Å². The van der Waals surface area contributed by atoms with Crippen molar-refractivity contribution in [2.75, 3.05) is 27.2 Å². The van der Waals surface area contributed by atoms with E-state index in [-0.39, 0.29) is 22.4 Å². The maximum Gasteiger partial charge on any atom is 0.285 e. The second-order valence-electron chi connectivity index (χ2n) is 8.63. The predicted molar refractivity (Wildman–Crippen MR) is 112 cm³/mol. The van der Waals surface area contributed by atoms with E-state index in [2.05, 4.69) is 28.7 Å². The van der Waals surface area contributed by atoms with Gasteiger partial charge < -0.3 is 15.1 Å². The third-order valence-corrected chi connectivity index (χ3v) is 8.09. The number of carbonyl (C=O) groups is 1. The molecule has 1 saturated heterocycles. The van der Waals surface area contributed by atoms with Gasteiger partial charge in [0, 0.05) is 24.2 Å². The smallest absolute Gasteiger partial charge is 0.285 e. The SMILES string of the molecule is CN(C)C1(CNC(=O)C2CCCN2C2=NS(=O)(=O)c3ccccc32)CCCCC1. The molecule has 0 radical (unpaired) electrons. The van der Waals surface area contributed by atoms with Gasteiger partial charge in [0.25, 0.3) is 10.0 Å². The lowest BCUT2D eigenvalue weighted by Gasteiger charge is -2.43. The van der Waals surface area contributed by atoms with E-state index in [1.165, 1.54) is 19.3 Å². The topological polar surface area (TPSA) is 82.1 Å². The van der Waals surface area contributed by atoms with Crippen molar-refractivity contribution in [3.63, 3.8) is 0 Å². The fourth-order valence-corrected chi connectivity index (χ4v) is 6.17. The first kappa shape index (κ1) is 20.3. The van der Waals surface area contributed by atoms with Gasteiger partial charge >= 0.3 is 0 Å². The minimum Gasteiger partial charge on any atom is -0.352 e. The van der Waals surface area contributed by atoms with Gasteiger partial charge in [0.05, 0.1) is 0 Å². The van der Waals surface area contributed by atoms with Gasteiger partial charge in [-0.1, -0.05) is 31.4 Å². The van der Waals surface area contributed by atoms with Crippen LogP contribution in [-0.4, -0.2) is 68.7 Å². The number of likely N-dealkylation sites (tertiary alicyclic amines) is 1. The van der Waals surface area contributed by atoms with E-state index in [4.69, 9.17) is 0 Å². The number of likely N-dealkylation sites (N-methyl/N-ethyl adjacent to an activating group) is 1. The molecular formula is C21H30N4O3S. The number of nitrogens with one attached hydrogen (secondary N) is 1. The van der Waals surface area contributed by atoms with Gasteiger partial charge in [-0.25, -0.2) is 0 Å². The summed E-state index contributed by atoms with van der Waals surface area (Å²) in [5, 5.41) is 3.19. The summed E-state index contributed by atoms with van der Waals surface area (Å²) >= 11 is 0. The molecule has 1 unspecified atom stereocenters. The Kier molecular flexibility index (Phi) is 5.42. The Bertz CT molecular complexity index is 920. The second kappa shape index (κ2) is 7.72. The van der Waals surface area contributed by atoms with Crippen LogP contribution in [0.5, 0.6) is 0 Å². The molecule has 1 amide bonds. The number of fused-ring (bicyclic) bond motifs is 1. The van der Waals surface area contributed by atoms with E-state index in [9.17, 15) is 13.2 Å². The van der Waals surface area contributed by atoms with Crippen LogP contribution >= 0.6 is 0 Å². The molecule has 8 heteroatoms. The minimum atomic E-state index is -3.68. The van der Waals surface area contributed by atoms with Gasteiger partial charge in [0.2, 0.25) is 5.91 Å². The van der Waals surface area contributed by atoms with E-state index < -0.39 is 10.0 Å². The molecule has 1 aromatic rings. The number of hydrogen-bond donors (Lipinski definition) is 1. The summed E-state index contributed by atoms with van der Waals surface area (Å²) in [6, 6.07) is 6.49. The van der Waals surface area contributed by atoms with Crippen LogP contribution in [-0.2, 0) is 14.8 Å². The Labute approximate surface area is 173 Å². The van der Waals surface area contributed by atoms with Crippen molar-refractivity contribution in [3.8, 4) is 0 Å². The molecule has 2 aliphatic heterocycles. The van der Waals surface area contributed by atoms with Crippen LogP contribution in [0.2, 0.25) is 0 Å². The number of benzene rings is 1. The zero-order valence-corrected chi connectivity index (χ0v) is 18.0. The van der Waals surface area contributed by atoms with Gasteiger partial charge in [-0.3, -0.25) is 4.79 Å². The molecule has 3 aliphatic rings. The summed E-state index contributed by atoms with van der Waals surface area (Å²) in [5.41, 5.74) is 0.613. The van der Waals surface area contributed by atoms with Crippen molar-refractivity contribution in [2.45, 2.75) is 61.4 Å². The molecule has 1 aromatic carbocycles. The molecule has 7 nitrogen and oxygen atoms in total. The lowest BCUT2D eigenvalue weighted by molar-refractivity contribution is -0.125. The van der Waals surface area contributed by atoms with Crippen LogP contribution in [0.25, 0.3) is 0 Å². The lowest BCUT2D eigenvalue weighted by atomic mass is 9.80. The maximum atomic E-state index is 13.1. The zero-order valence-electron chi connectivity index (χ0n) is 17.2. The molecule has 2 fully saturated rings. The van der Waals surface area contributed by atoms with Crippen LogP contribution in [0.3, 0.4) is 0 Å². The lowest BCUT2D eigenvalue weighted by Crippen LogP contribution is -2.56. The average molecular weight is 419 g/mol. The highest BCUT2D eigenvalue weighted by Gasteiger charge is 2.40. The quantitative estimate of drug-likeness (QED) is 0.809. The van der Waals surface area contributed by atoms with E-state index in [1.54, 1.807) is 18.2 Å². The van der Waals surface area contributed by atoms with E-state index in [0.29, 0.717) is 30.9 Å². The standard InChI is InChI=1S/C21H30N4O3S/c1-24(2)21(12-6-3-7-13-21)15-22-20(26)17-10-8-14-25(17)19-16-9-4-5-11-18(16)29(27,28)23-19/h4-5,9,11,17H,3,6-8,10,12-15H2,1-2H3,(H,22,26). The molecule has 1 N–H and O–H groups in total. The maximum absolute atomic E-state index is 13.1. The van der Waals surface area contributed by atoms with Gasteiger partial charge in [0.15, 0.2) is 5.84 Å². The largest absolute Gasteiger partial charge is 0.352 e. The summed E-state index contributed by atoms with van der Waals surface area (Å²) in [6.07, 6.45) is 7.37. The van der Waals surface area contributed by atoms with Crippen molar-refractivity contribution in [3.05, 3.63) is 29.8 Å². The molecular weight excluding hydrogens is 388 g/mol. The highest BCUT2D eigenvalue weighted by atomic mass is 32.2. The molecule has 29 heavy (non-hydrogen) atoms. The monoisotopic (exact) mass is 418 g/mol. The second-order valence-corrected chi connectivity index (χ2v) is 10.2. The zero-order chi connectivity index (χ0) is 20.6. The number of amidine groups is 1. The molecule has 1 aliphatic carbocycles. The highest BCUT2D eigenvalue weighted by molar-refractivity contribution is 7.90. The molecule has 0 spiro atoms. The van der Waals surface area contributed by atoms with Crippen molar-refractivity contribution >= 4 is 21.8 Å². The van der Waals surface area contributed by atoms with Crippen LogP contribution in [0.15, 0.2) is 33.6 Å². The fraction of sp³-hybridized carbons (Fsp3) is 0.619. The molecule has 158 valence electrons. The van der Waals surface area contributed by atoms with Crippen molar-refractivity contribution in [1.29, 1.82) is 0 Å². The Morgan fingerprint density at radius 2 is 1.93 bits per heavy atom. The predicted octanol–water partition coefficient (Wildman–Crippen LogP) is 1.98. The van der Waals surface area contributed by atoms with Gasteiger partial charge in [-0.05, 0) is 51.9 Å². The number of carbonyl (C=O) groups excluding carboxylic acids is 1. The van der Waals surface area contributed by atoms with Gasteiger partial charge in [-0.15, -0.1) is 4.40 Å². The molecule has 1 saturated carbocycles. The number of hydrogen-bond acceptors (Lipinski definition) is 5. The molecule has 1 atom stereocenters. The summed E-state index contributed by atoms with van der Waals surface area (Å²) in [6.45, 7) is 1.27. The Balaban J connectivity index is 1.51. The number of rotatable bonds is 4. The van der Waals surface area contributed by atoms with Crippen molar-refractivity contribution in [2.24, 2.45) is 4.40 Å². The average Bonchev–Trinajstić information content (AvgIpc) is 3.30. The van der Waals surface area contributed by atoms with Crippen LogP contribution in [0, 0.1) is 0 Å². The summed E-state index contributed by atoms with van der Waals surface area (Å²) in [4.78, 5) is 17.5. The Morgan fingerprint density at radius 3 is 2.66 bits per heavy atom. The summed E-state index contributed by atoms with van der Waals surface area (Å²) < 4.78 is 28.9. The fourth-order valence-electron chi connectivity index (χ4n) is 4.95.